The summed E-state index contributed by atoms with van der Waals surface area (Å²) >= 11 is 0. The van der Waals surface area contributed by atoms with Gasteiger partial charge in [0.25, 0.3) is 0 Å². The molecule has 256 valence electrons. The van der Waals surface area contributed by atoms with Gasteiger partial charge in [0.15, 0.2) is 0 Å². The zero-order chi connectivity index (χ0) is 36.0. The van der Waals surface area contributed by atoms with Gasteiger partial charge in [-0.25, -0.2) is 0 Å². The van der Waals surface area contributed by atoms with Gasteiger partial charge in [0.2, 0.25) is 0 Å². The fraction of sp³-hybridized carbons (Fsp3) is 0.0769. The minimum atomic E-state index is -0.530. The molecule has 8 aromatic rings. The van der Waals surface area contributed by atoms with E-state index in [-0.39, 0.29) is 5.41 Å². The van der Waals surface area contributed by atoms with Gasteiger partial charge in [-0.05, 0) is 104 Å². The summed E-state index contributed by atoms with van der Waals surface area (Å²) in [6, 6.07) is 68.7. The molecular formula is C52H37NO. The lowest BCUT2D eigenvalue weighted by atomic mass is 9.64. The van der Waals surface area contributed by atoms with Gasteiger partial charge in [-0.2, -0.15) is 0 Å². The SMILES string of the molecule is CC1(C)c2ccccc2-c2ccc(N(c3ccccc3)c3ccc(-c4cccc5c4C4(c6ccccc6Oc6ccccc64)c4ccccc4-5)cc3)cc21. The molecule has 0 saturated carbocycles. The van der Waals surface area contributed by atoms with Crippen LogP contribution in [0.5, 0.6) is 11.5 Å². The first kappa shape index (κ1) is 30.9. The van der Waals surface area contributed by atoms with Gasteiger partial charge < -0.3 is 9.64 Å². The number of benzene rings is 8. The van der Waals surface area contributed by atoms with Crippen LogP contribution in [-0.2, 0) is 10.8 Å². The number of hydrogen-bond donors (Lipinski definition) is 0. The van der Waals surface area contributed by atoms with Gasteiger partial charge in [-0.1, -0.05) is 153 Å². The molecule has 2 nitrogen and oxygen atoms in total. The summed E-state index contributed by atoms with van der Waals surface area (Å²) in [5, 5.41) is 0. The van der Waals surface area contributed by atoms with Crippen molar-refractivity contribution in [3.63, 3.8) is 0 Å². The normalized spacial score (nSPS) is 14.6. The van der Waals surface area contributed by atoms with Gasteiger partial charge >= 0.3 is 0 Å². The van der Waals surface area contributed by atoms with Crippen molar-refractivity contribution in [1.82, 2.24) is 0 Å². The maximum absolute atomic E-state index is 6.62. The van der Waals surface area contributed by atoms with E-state index < -0.39 is 5.41 Å². The van der Waals surface area contributed by atoms with Crippen LogP contribution in [0.3, 0.4) is 0 Å². The summed E-state index contributed by atoms with van der Waals surface area (Å²) in [4.78, 5) is 2.39. The smallest absolute Gasteiger partial charge is 0.132 e. The third-order valence-corrected chi connectivity index (χ3v) is 12.1. The van der Waals surface area contributed by atoms with E-state index in [9.17, 15) is 0 Å². The third kappa shape index (κ3) is 4.17. The van der Waals surface area contributed by atoms with Crippen LogP contribution in [0.4, 0.5) is 17.1 Å². The molecule has 0 aromatic heterocycles. The summed E-state index contributed by atoms with van der Waals surface area (Å²) in [5.74, 6) is 1.81. The monoisotopic (exact) mass is 691 g/mol. The predicted octanol–water partition coefficient (Wildman–Crippen LogP) is 13.6. The quantitative estimate of drug-likeness (QED) is 0.182. The maximum atomic E-state index is 6.62. The van der Waals surface area contributed by atoms with Crippen molar-refractivity contribution in [2.45, 2.75) is 24.7 Å². The summed E-state index contributed by atoms with van der Waals surface area (Å²) in [6.45, 7) is 4.70. The van der Waals surface area contributed by atoms with E-state index >= 15 is 0 Å². The molecule has 0 unspecified atom stereocenters. The molecule has 0 N–H and O–H groups in total. The molecule has 11 rings (SSSR count). The molecule has 0 bridgehead atoms. The van der Waals surface area contributed by atoms with Crippen LogP contribution >= 0.6 is 0 Å². The Morgan fingerprint density at radius 2 is 0.870 bits per heavy atom. The maximum Gasteiger partial charge on any atom is 0.132 e. The molecule has 0 fully saturated rings. The number of nitrogens with zero attached hydrogens (tertiary/aromatic N) is 1. The molecule has 0 radical (unpaired) electrons. The van der Waals surface area contributed by atoms with E-state index in [4.69, 9.17) is 4.74 Å². The van der Waals surface area contributed by atoms with Crippen LogP contribution in [0.15, 0.2) is 188 Å². The van der Waals surface area contributed by atoms with Crippen molar-refractivity contribution in [2.24, 2.45) is 0 Å². The molecule has 54 heavy (non-hydrogen) atoms. The fourth-order valence-electron chi connectivity index (χ4n) is 9.80. The van der Waals surface area contributed by atoms with E-state index in [1.807, 2.05) is 0 Å². The van der Waals surface area contributed by atoms with E-state index in [2.05, 4.69) is 207 Å². The van der Waals surface area contributed by atoms with Gasteiger partial charge in [-0.3, -0.25) is 0 Å². The van der Waals surface area contributed by atoms with Crippen molar-refractivity contribution in [1.29, 1.82) is 0 Å². The van der Waals surface area contributed by atoms with Gasteiger partial charge in [0.1, 0.15) is 11.5 Å². The highest BCUT2D eigenvalue weighted by atomic mass is 16.5. The minimum Gasteiger partial charge on any atom is -0.457 e. The lowest BCUT2D eigenvalue weighted by Crippen LogP contribution is -2.32. The van der Waals surface area contributed by atoms with Crippen LogP contribution in [0.25, 0.3) is 33.4 Å². The van der Waals surface area contributed by atoms with Gasteiger partial charge in [-0.15, -0.1) is 0 Å². The lowest BCUT2D eigenvalue weighted by Gasteiger charge is -2.40. The summed E-state index contributed by atoms with van der Waals surface area (Å²) in [6.07, 6.45) is 0. The topological polar surface area (TPSA) is 12.5 Å². The van der Waals surface area contributed by atoms with Crippen molar-refractivity contribution >= 4 is 17.1 Å². The Labute approximate surface area is 316 Å². The number of para-hydroxylation sites is 3. The minimum absolute atomic E-state index is 0.0865. The number of rotatable bonds is 4. The van der Waals surface area contributed by atoms with E-state index in [1.54, 1.807) is 0 Å². The second-order valence-corrected chi connectivity index (χ2v) is 15.2. The molecular weight excluding hydrogens is 655 g/mol. The van der Waals surface area contributed by atoms with Gasteiger partial charge in [0, 0.05) is 33.6 Å². The van der Waals surface area contributed by atoms with E-state index in [0.29, 0.717) is 0 Å². The predicted molar refractivity (Wildman–Crippen MR) is 222 cm³/mol. The Morgan fingerprint density at radius 1 is 0.370 bits per heavy atom. The standard InChI is InChI=1S/C52H37NO/c1-51(2)43-21-8-6-17-39(43)41-32-31-37(33-47(41)51)53(35-15-4-3-5-16-35)36-29-27-34(28-30-36)38-19-14-20-42-40-18-7-9-22-44(40)52(50(38)42)45-23-10-12-25-48(45)54-49-26-13-11-24-46(49)52/h3-33H,1-2H3. The summed E-state index contributed by atoms with van der Waals surface area (Å²) in [7, 11) is 0. The molecule has 1 aliphatic heterocycles. The van der Waals surface area contributed by atoms with Crippen molar-refractivity contribution in [2.75, 3.05) is 4.90 Å². The number of hydrogen-bond acceptors (Lipinski definition) is 2. The second kappa shape index (κ2) is 11.4. The molecule has 3 aliphatic rings. The molecule has 1 spiro atoms. The van der Waals surface area contributed by atoms with Crippen LogP contribution in [0.2, 0.25) is 0 Å². The average Bonchev–Trinajstić information content (AvgIpc) is 3.65. The Bertz CT molecular complexity index is 2730. The van der Waals surface area contributed by atoms with Crippen LogP contribution < -0.4 is 9.64 Å². The first-order valence-electron chi connectivity index (χ1n) is 18.9. The van der Waals surface area contributed by atoms with E-state index in [1.165, 1.54) is 66.8 Å². The van der Waals surface area contributed by atoms with Crippen molar-refractivity contribution < 1.29 is 4.74 Å². The number of fused-ring (bicyclic) bond motifs is 12. The van der Waals surface area contributed by atoms with Crippen molar-refractivity contribution in [3.8, 4) is 44.9 Å². The Balaban J connectivity index is 1.09. The summed E-state index contributed by atoms with van der Waals surface area (Å²) in [5.41, 5.74) is 18.1. The third-order valence-electron chi connectivity index (χ3n) is 12.1. The average molecular weight is 692 g/mol. The number of anilines is 3. The molecule has 1 heterocycles. The molecule has 0 saturated heterocycles. The molecule has 0 amide bonds. The van der Waals surface area contributed by atoms with Crippen molar-refractivity contribution in [3.05, 3.63) is 221 Å². The molecule has 2 aliphatic carbocycles. The van der Waals surface area contributed by atoms with Crippen LogP contribution in [0, 0.1) is 0 Å². The van der Waals surface area contributed by atoms with Crippen LogP contribution in [0.1, 0.15) is 47.2 Å². The Hall–Kier alpha value is -6.64. The highest BCUT2D eigenvalue weighted by Gasteiger charge is 2.52. The molecule has 8 aromatic carbocycles. The van der Waals surface area contributed by atoms with Gasteiger partial charge in [0.05, 0.1) is 5.41 Å². The zero-order valence-corrected chi connectivity index (χ0v) is 30.3. The zero-order valence-electron chi connectivity index (χ0n) is 30.3. The highest BCUT2D eigenvalue weighted by Crippen LogP contribution is 2.63. The van der Waals surface area contributed by atoms with E-state index in [0.717, 1.165) is 28.6 Å². The number of ether oxygens (including phenoxy) is 1. The first-order valence-corrected chi connectivity index (χ1v) is 18.9. The Morgan fingerprint density at radius 3 is 1.57 bits per heavy atom. The molecule has 2 heteroatoms. The highest BCUT2D eigenvalue weighted by molar-refractivity contribution is 5.94. The largest absolute Gasteiger partial charge is 0.457 e. The lowest BCUT2D eigenvalue weighted by molar-refractivity contribution is 0.436. The van der Waals surface area contributed by atoms with Crippen LogP contribution in [-0.4, -0.2) is 0 Å². The summed E-state index contributed by atoms with van der Waals surface area (Å²) < 4.78 is 6.62. The second-order valence-electron chi connectivity index (χ2n) is 15.2. The molecule has 0 atom stereocenters. The Kier molecular flexibility index (Phi) is 6.55. The first-order chi connectivity index (χ1) is 26.5. The fourth-order valence-corrected chi connectivity index (χ4v) is 9.80.